The van der Waals surface area contributed by atoms with Crippen molar-refractivity contribution in [3.05, 3.63) is 35.4 Å². The molecule has 1 aromatic rings. The quantitative estimate of drug-likeness (QED) is 0.867. The van der Waals surface area contributed by atoms with Gasteiger partial charge in [-0.3, -0.25) is 4.79 Å². The van der Waals surface area contributed by atoms with E-state index in [1.807, 2.05) is 0 Å². The van der Waals surface area contributed by atoms with E-state index >= 15 is 0 Å². The van der Waals surface area contributed by atoms with Gasteiger partial charge in [0.05, 0.1) is 5.56 Å². The van der Waals surface area contributed by atoms with Gasteiger partial charge in [0, 0.05) is 12.5 Å². The molecule has 0 aromatic heterocycles. The highest BCUT2D eigenvalue weighted by Crippen LogP contribution is 2.29. The molecule has 1 heterocycles. The van der Waals surface area contributed by atoms with Gasteiger partial charge < -0.3 is 5.32 Å². The minimum atomic E-state index is -4.29. The Morgan fingerprint density at radius 3 is 2.44 bits per heavy atom. The first-order chi connectivity index (χ1) is 8.45. The fourth-order valence-electron chi connectivity index (χ4n) is 2.15. The highest BCUT2D eigenvalue weighted by Gasteiger charge is 2.30. The fourth-order valence-corrected chi connectivity index (χ4v) is 2.15. The normalized spacial score (nSPS) is 20.6. The molecule has 1 unspecified atom stereocenters. The Balaban J connectivity index is 2.00. The summed E-state index contributed by atoms with van der Waals surface area (Å²) in [5.41, 5.74) is 0.175. The maximum atomic E-state index is 12.4. The number of carbonyl (C=O) groups is 1. The summed E-state index contributed by atoms with van der Waals surface area (Å²) in [6, 6.07) is 5.16. The van der Waals surface area contributed by atoms with Gasteiger partial charge in [-0.1, -0.05) is 12.1 Å². The number of alkyl halides is 3. The van der Waals surface area contributed by atoms with E-state index in [0.29, 0.717) is 12.8 Å². The van der Waals surface area contributed by atoms with Gasteiger partial charge in [-0.05, 0) is 37.0 Å². The number of halogens is 3. The third kappa shape index (κ3) is 3.24. The molecule has 0 aliphatic carbocycles. The molecule has 2 rings (SSSR count). The fraction of sp³-hybridized carbons (Fsp3) is 0.462. The SMILES string of the molecule is O=C1CCCC(Cc2ccc(C(F)(F)F)cc2)N1. The van der Waals surface area contributed by atoms with Crippen molar-refractivity contribution in [3.63, 3.8) is 0 Å². The summed E-state index contributed by atoms with van der Waals surface area (Å²) in [4.78, 5) is 11.2. The monoisotopic (exact) mass is 257 g/mol. The molecule has 1 aliphatic rings. The number of rotatable bonds is 2. The van der Waals surface area contributed by atoms with E-state index in [1.165, 1.54) is 12.1 Å². The van der Waals surface area contributed by atoms with Crippen molar-refractivity contribution in [1.29, 1.82) is 0 Å². The smallest absolute Gasteiger partial charge is 0.353 e. The van der Waals surface area contributed by atoms with Crippen LogP contribution in [0.15, 0.2) is 24.3 Å². The Hall–Kier alpha value is -1.52. The maximum absolute atomic E-state index is 12.4. The van der Waals surface area contributed by atoms with Gasteiger partial charge in [0.25, 0.3) is 0 Å². The average Bonchev–Trinajstić information content (AvgIpc) is 2.28. The Kier molecular flexibility index (Phi) is 3.59. The molecule has 1 N–H and O–H groups in total. The molecule has 18 heavy (non-hydrogen) atoms. The van der Waals surface area contributed by atoms with Gasteiger partial charge in [0.2, 0.25) is 5.91 Å². The first-order valence-corrected chi connectivity index (χ1v) is 5.90. The summed E-state index contributed by atoms with van der Waals surface area (Å²) in [7, 11) is 0. The highest BCUT2D eigenvalue weighted by atomic mass is 19.4. The van der Waals surface area contributed by atoms with Crippen LogP contribution in [0.5, 0.6) is 0 Å². The first kappa shape index (κ1) is 12.9. The zero-order valence-corrected chi connectivity index (χ0v) is 9.76. The molecule has 1 atom stereocenters. The molecular weight excluding hydrogens is 243 g/mol. The van der Waals surface area contributed by atoms with Crippen LogP contribution in [0.25, 0.3) is 0 Å². The van der Waals surface area contributed by atoms with Crippen molar-refractivity contribution in [1.82, 2.24) is 5.32 Å². The minimum absolute atomic E-state index is 0.0261. The lowest BCUT2D eigenvalue weighted by Crippen LogP contribution is -2.39. The summed E-state index contributed by atoms with van der Waals surface area (Å²) in [6.07, 6.45) is -1.44. The van der Waals surface area contributed by atoms with Crippen LogP contribution < -0.4 is 5.32 Å². The molecule has 1 saturated heterocycles. The molecule has 2 nitrogen and oxygen atoms in total. The second-order valence-electron chi connectivity index (χ2n) is 4.56. The predicted octanol–water partition coefficient (Wildman–Crippen LogP) is 2.92. The van der Waals surface area contributed by atoms with Crippen LogP contribution in [0.4, 0.5) is 13.2 Å². The van der Waals surface area contributed by atoms with Crippen LogP contribution >= 0.6 is 0 Å². The summed E-state index contributed by atoms with van der Waals surface area (Å²) in [5.74, 6) is 0.0261. The van der Waals surface area contributed by atoms with Gasteiger partial charge >= 0.3 is 6.18 Å². The Morgan fingerprint density at radius 1 is 1.22 bits per heavy atom. The van der Waals surface area contributed by atoms with Crippen LogP contribution in [0.1, 0.15) is 30.4 Å². The summed E-state index contributed by atoms with van der Waals surface area (Å²) < 4.78 is 37.1. The minimum Gasteiger partial charge on any atom is -0.353 e. The van der Waals surface area contributed by atoms with Crippen LogP contribution in [-0.2, 0) is 17.4 Å². The Bertz CT molecular complexity index is 425. The molecule has 0 saturated carbocycles. The number of nitrogens with one attached hydrogen (secondary N) is 1. The number of hydrogen-bond acceptors (Lipinski definition) is 1. The molecule has 1 amide bonds. The number of benzene rings is 1. The number of carbonyl (C=O) groups excluding carboxylic acids is 1. The molecule has 1 fully saturated rings. The second kappa shape index (κ2) is 5.00. The maximum Gasteiger partial charge on any atom is 0.416 e. The van der Waals surface area contributed by atoms with Gasteiger partial charge in [-0.2, -0.15) is 13.2 Å². The topological polar surface area (TPSA) is 29.1 Å². The van der Waals surface area contributed by atoms with E-state index in [-0.39, 0.29) is 11.9 Å². The zero-order chi connectivity index (χ0) is 13.2. The molecule has 0 radical (unpaired) electrons. The third-order valence-corrected chi connectivity index (χ3v) is 3.08. The van der Waals surface area contributed by atoms with Crippen molar-refractivity contribution in [2.75, 3.05) is 0 Å². The van der Waals surface area contributed by atoms with Gasteiger partial charge in [-0.25, -0.2) is 0 Å². The lowest BCUT2D eigenvalue weighted by atomic mass is 9.97. The van der Waals surface area contributed by atoms with Crippen LogP contribution in [0.2, 0.25) is 0 Å². The lowest BCUT2D eigenvalue weighted by Gasteiger charge is -2.23. The molecule has 5 heteroatoms. The predicted molar refractivity (Wildman–Crippen MR) is 60.9 cm³/mol. The molecule has 98 valence electrons. The second-order valence-corrected chi connectivity index (χ2v) is 4.56. The first-order valence-electron chi connectivity index (χ1n) is 5.90. The lowest BCUT2D eigenvalue weighted by molar-refractivity contribution is -0.137. The Morgan fingerprint density at radius 2 is 1.89 bits per heavy atom. The standard InChI is InChI=1S/C13H14F3NO/c14-13(15,16)10-6-4-9(5-7-10)8-11-2-1-3-12(18)17-11/h4-7,11H,1-3,8H2,(H,17,18). The van der Waals surface area contributed by atoms with E-state index in [2.05, 4.69) is 5.32 Å². The molecule has 0 spiro atoms. The summed E-state index contributed by atoms with van der Waals surface area (Å²) >= 11 is 0. The van der Waals surface area contributed by atoms with Crippen molar-refractivity contribution in [2.24, 2.45) is 0 Å². The molecule has 1 aliphatic heterocycles. The van der Waals surface area contributed by atoms with Crippen LogP contribution in [0, 0.1) is 0 Å². The van der Waals surface area contributed by atoms with Gasteiger partial charge in [-0.15, -0.1) is 0 Å². The van der Waals surface area contributed by atoms with Crippen molar-refractivity contribution >= 4 is 5.91 Å². The number of hydrogen-bond donors (Lipinski definition) is 1. The molecule has 0 bridgehead atoms. The zero-order valence-electron chi connectivity index (χ0n) is 9.76. The van der Waals surface area contributed by atoms with E-state index in [1.54, 1.807) is 0 Å². The molecular formula is C13H14F3NO. The van der Waals surface area contributed by atoms with E-state index in [4.69, 9.17) is 0 Å². The van der Waals surface area contributed by atoms with Crippen LogP contribution in [-0.4, -0.2) is 11.9 Å². The largest absolute Gasteiger partial charge is 0.416 e. The van der Waals surface area contributed by atoms with Gasteiger partial charge in [0.1, 0.15) is 0 Å². The average molecular weight is 257 g/mol. The van der Waals surface area contributed by atoms with Gasteiger partial charge in [0.15, 0.2) is 0 Å². The van der Waals surface area contributed by atoms with E-state index < -0.39 is 11.7 Å². The van der Waals surface area contributed by atoms with E-state index in [0.717, 1.165) is 30.5 Å². The number of amides is 1. The van der Waals surface area contributed by atoms with Crippen LogP contribution in [0.3, 0.4) is 0 Å². The number of piperidine rings is 1. The highest BCUT2D eigenvalue weighted by molar-refractivity contribution is 5.76. The summed E-state index contributed by atoms with van der Waals surface area (Å²) in [5, 5.41) is 2.85. The van der Waals surface area contributed by atoms with Crippen molar-refractivity contribution < 1.29 is 18.0 Å². The van der Waals surface area contributed by atoms with Crippen molar-refractivity contribution in [2.45, 2.75) is 37.9 Å². The van der Waals surface area contributed by atoms with E-state index in [9.17, 15) is 18.0 Å². The molecule has 1 aromatic carbocycles. The van der Waals surface area contributed by atoms with Crippen molar-refractivity contribution in [3.8, 4) is 0 Å². The Labute approximate surface area is 103 Å². The third-order valence-electron chi connectivity index (χ3n) is 3.08. The summed E-state index contributed by atoms with van der Waals surface area (Å²) in [6.45, 7) is 0.